The van der Waals surface area contributed by atoms with Gasteiger partial charge in [-0.1, -0.05) is 18.2 Å². The van der Waals surface area contributed by atoms with Gasteiger partial charge in [-0.05, 0) is 69.5 Å². The third-order valence-electron chi connectivity index (χ3n) is 5.39. The van der Waals surface area contributed by atoms with Crippen molar-refractivity contribution in [3.05, 3.63) is 54.6 Å². The van der Waals surface area contributed by atoms with Crippen molar-refractivity contribution in [3.8, 4) is 11.5 Å². The van der Waals surface area contributed by atoms with Gasteiger partial charge in [-0.2, -0.15) is 0 Å². The van der Waals surface area contributed by atoms with E-state index in [1.165, 1.54) is 12.1 Å². The minimum atomic E-state index is -3.81. The Balaban J connectivity index is 1.52. The summed E-state index contributed by atoms with van der Waals surface area (Å²) in [4.78, 5) is 11.8. The van der Waals surface area contributed by atoms with Gasteiger partial charge >= 0.3 is 6.03 Å². The molecular formula is C24H33N3O6S. The fourth-order valence-electron chi connectivity index (χ4n) is 3.72. The van der Waals surface area contributed by atoms with E-state index in [9.17, 15) is 18.3 Å². The van der Waals surface area contributed by atoms with Crippen LogP contribution < -0.4 is 20.1 Å². The zero-order valence-corrected chi connectivity index (χ0v) is 20.3. The Morgan fingerprint density at radius 1 is 1.09 bits per heavy atom. The number of para-hydroxylation sites is 1. The van der Waals surface area contributed by atoms with E-state index in [0.29, 0.717) is 37.3 Å². The molecule has 1 heterocycles. The Hall–Kier alpha value is -2.66. The number of hydrogen-bond acceptors (Lipinski definition) is 6. The van der Waals surface area contributed by atoms with Crippen LogP contribution in [0.5, 0.6) is 11.5 Å². The molecule has 4 N–H and O–H groups in total. The summed E-state index contributed by atoms with van der Waals surface area (Å²) in [6.45, 7) is 3.87. The standard InChI is InChI=1S/C24H33N3O6S/c1-17(2)26-24(29)25-15-14-20-10-13-22(23(16-28)33-20)27-34(30,31)21-11-8-19(9-12-21)32-18-6-4-3-5-7-18/h3-9,11-12,17,20,22-23,27-28H,10,13-16H2,1-2H3,(H2,25,26,29)/t20-,22-,23-/m0/s1. The number of carbonyl (C=O) groups is 1. The van der Waals surface area contributed by atoms with Crippen LogP contribution in [0.15, 0.2) is 59.5 Å². The zero-order valence-electron chi connectivity index (χ0n) is 19.4. The Morgan fingerprint density at radius 2 is 1.76 bits per heavy atom. The van der Waals surface area contributed by atoms with Gasteiger partial charge in [0.25, 0.3) is 0 Å². The lowest BCUT2D eigenvalue weighted by molar-refractivity contribution is -0.0871. The van der Waals surface area contributed by atoms with Gasteiger partial charge in [-0.15, -0.1) is 0 Å². The van der Waals surface area contributed by atoms with E-state index in [0.717, 1.165) is 0 Å². The minimum absolute atomic E-state index is 0.0473. The molecule has 1 aliphatic rings. The first-order valence-corrected chi connectivity index (χ1v) is 12.9. The molecule has 0 radical (unpaired) electrons. The molecule has 1 aliphatic heterocycles. The molecule has 1 fully saturated rings. The first-order chi connectivity index (χ1) is 16.3. The lowest BCUT2D eigenvalue weighted by Crippen LogP contribution is -2.51. The van der Waals surface area contributed by atoms with E-state index in [1.54, 1.807) is 12.1 Å². The quantitative estimate of drug-likeness (QED) is 0.405. The second-order valence-corrected chi connectivity index (χ2v) is 10.2. The van der Waals surface area contributed by atoms with Crippen molar-refractivity contribution >= 4 is 16.1 Å². The fraction of sp³-hybridized carbons (Fsp3) is 0.458. The van der Waals surface area contributed by atoms with Crippen molar-refractivity contribution in [1.29, 1.82) is 0 Å². The molecule has 2 aromatic rings. The van der Waals surface area contributed by atoms with Crippen molar-refractivity contribution < 1.29 is 27.8 Å². The summed E-state index contributed by atoms with van der Waals surface area (Å²) < 4.78 is 40.1. The van der Waals surface area contributed by atoms with Gasteiger partial charge in [0.15, 0.2) is 0 Å². The van der Waals surface area contributed by atoms with Gasteiger partial charge in [0.2, 0.25) is 10.0 Å². The predicted molar refractivity (Wildman–Crippen MR) is 128 cm³/mol. The molecular weight excluding hydrogens is 458 g/mol. The summed E-state index contributed by atoms with van der Waals surface area (Å²) in [6.07, 6.45) is 0.860. The zero-order chi connectivity index (χ0) is 24.6. The highest BCUT2D eigenvalue weighted by Gasteiger charge is 2.33. The average Bonchev–Trinajstić information content (AvgIpc) is 2.80. The molecule has 0 aliphatic carbocycles. The topological polar surface area (TPSA) is 126 Å². The van der Waals surface area contributed by atoms with Gasteiger partial charge < -0.3 is 25.2 Å². The Labute approximate surface area is 200 Å². The molecule has 0 unspecified atom stereocenters. The lowest BCUT2D eigenvalue weighted by Gasteiger charge is -2.36. The first kappa shape index (κ1) is 26.0. The molecule has 3 atom stereocenters. The number of amides is 2. The molecule has 0 spiro atoms. The second-order valence-electron chi connectivity index (χ2n) is 8.51. The Bertz CT molecular complexity index is 1010. The van der Waals surface area contributed by atoms with Crippen LogP contribution in [0.3, 0.4) is 0 Å². The maximum absolute atomic E-state index is 12.9. The van der Waals surface area contributed by atoms with Crippen molar-refractivity contribution in [1.82, 2.24) is 15.4 Å². The molecule has 9 nitrogen and oxygen atoms in total. The van der Waals surface area contributed by atoms with Crippen LogP contribution in [0.25, 0.3) is 0 Å². The van der Waals surface area contributed by atoms with Crippen molar-refractivity contribution in [2.75, 3.05) is 13.2 Å². The number of rotatable bonds is 10. The number of sulfonamides is 1. The third-order valence-corrected chi connectivity index (χ3v) is 6.89. The largest absolute Gasteiger partial charge is 0.457 e. The molecule has 186 valence electrons. The number of carbonyl (C=O) groups excluding carboxylic acids is 1. The molecule has 0 bridgehead atoms. The number of ether oxygens (including phenoxy) is 2. The van der Waals surface area contributed by atoms with E-state index in [-0.39, 0.29) is 29.7 Å². The smallest absolute Gasteiger partial charge is 0.314 e. The summed E-state index contributed by atoms with van der Waals surface area (Å²) in [7, 11) is -3.81. The monoisotopic (exact) mass is 491 g/mol. The molecule has 34 heavy (non-hydrogen) atoms. The maximum atomic E-state index is 12.9. The van der Waals surface area contributed by atoms with Crippen LogP contribution in [-0.4, -0.2) is 57.0 Å². The Morgan fingerprint density at radius 3 is 2.41 bits per heavy atom. The van der Waals surface area contributed by atoms with Crippen molar-refractivity contribution in [2.24, 2.45) is 0 Å². The minimum Gasteiger partial charge on any atom is -0.457 e. The summed E-state index contributed by atoms with van der Waals surface area (Å²) in [5.41, 5.74) is 0. The van der Waals surface area contributed by atoms with Gasteiger partial charge in [-0.25, -0.2) is 17.9 Å². The van der Waals surface area contributed by atoms with Crippen LogP contribution in [0.1, 0.15) is 33.1 Å². The Kier molecular flexibility index (Phi) is 9.28. The van der Waals surface area contributed by atoms with E-state index in [4.69, 9.17) is 9.47 Å². The van der Waals surface area contributed by atoms with Crippen molar-refractivity contribution in [2.45, 2.75) is 62.3 Å². The molecule has 10 heteroatoms. The normalized spacial score (nSPS) is 20.6. The highest BCUT2D eigenvalue weighted by atomic mass is 32.2. The van der Waals surface area contributed by atoms with Gasteiger partial charge in [0.1, 0.15) is 11.5 Å². The fourth-order valence-corrected chi connectivity index (χ4v) is 5.02. The number of aliphatic hydroxyl groups excluding tert-OH is 1. The van der Waals surface area contributed by atoms with Gasteiger partial charge in [0, 0.05) is 12.6 Å². The highest BCUT2D eigenvalue weighted by molar-refractivity contribution is 7.89. The number of hydrogen-bond donors (Lipinski definition) is 4. The second kappa shape index (κ2) is 12.2. The highest BCUT2D eigenvalue weighted by Crippen LogP contribution is 2.25. The molecule has 0 saturated carbocycles. The molecule has 0 aromatic heterocycles. The summed E-state index contributed by atoms with van der Waals surface area (Å²) in [6, 6.07) is 14.6. The van der Waals surface area contributed by atoms with Crippen molar-refractivity contribution in [3.63, 3.8) is 0 Å². The molecule has 3 rings (SSSR count). The van der Waals surface area contributed by atoms with Crippen LogP contribution in [0.4, 0.5) is 4.79 Å². The van der Waals surface area contributed by atoms with Gasteiger partial charge in [-0.3, -0.25) is 0 Å². The van der Waals surface area contributed by atoms with Crippen LogP contribution in [0, 0.1) is 0 Å². The summed E-state index contributed by atoms with van der Waals surface area (Å²) >= 11 is 0. The molecule has 2 amide bonds. The maximum Gasteiger partial charge on any atom is 0.314 e. The van der Waals surface area contributed by atoms with E-state index in [1.807, 2.05) is 44.2 Å². The van der Waals surface area contributed by atoms with E-state index in [2.05, 4.69) is 15.4 Å². The molecule has 1 saturated heterocycles. The number of urea groups is 1. The number of nitrogens with one attached hydrogen (secondary N) is 3. The number of aliphatic hydroxyl groups is 1. The van der Waals surface area contributed by atoms with E-state index < -0.39 is 22.2 Å². The van der Waals surface area contributed by atoms with Crippen LogP contribution >= 0.6 is 0 Å². The molecule has 2 aromatic carbocycles. The van der Waals surface area contributed by atoms with E-state index >= 15 is 0 Å². The summed E-state index contributed by atoms with van der Waals surface area (Å²) in [5, 5.41) is 15.3. The van der Waals surface area contributed by atoms with Crippen LogP contribution in [0.2, 0.25) is 0 Å². The van der Waals surface area contributed by atoms with Gasteiger partial charge in [0.05, 0.1) is 29.8 Å². The summed E-state index contributed by atoms with van der Waals surface area (Å²) in [5.74, 6) is 1.18. The lowest BCUT2D eigenvalue weighted by atomic mass is 9.98. The first-order valence-electron chi connectivity index (χ1n) is 11.4. The number of benzene rings is 2. The third kappa shape index (κ3) is 7.69. The SMILES string of the molecule is CC(C)NC(=O)NCC[C@@H]1CC[C@H](NS(=O)(=O)c2ccc(Oc3ccccc3)cc2)[C@H](CO)O1. The van der Waals surface area contributed by atoms with Crippen LogP contribution in [-0.2, 0) is 14.8 Å². The predicted octanol–water partition coefficient (Wildman–Crippen LogP) is 2.76. The average molecular weight is 492 g/mol.